The fourth-order valence-corrected chi connectivity index (χ4v) is 2.09. The minimum atomic E-state index is 0.113. The van der Waals surface area contributed by atoms with Crippen LogP contribution in [-0.4, -0.2) is 43.7 Å². The van der Waals surface area contributed by atoms with E-state index < -0.39 is 0 Å². The van der Waals surface area contributed by atoms with E-state index in [1.807, 2.05) is 4.90 Å². The van der Waals surface area contributed by atoms with E-state index in [1.54, 1.807) is 0 Å². The SMILES string of the molecule is NCC1CN(C(=O)C2CCCOC2)C1. The summed E-state index contributed by atoms with van der Waals surface area (Å²) in [5.74, 6) is 0.917. The number of amides is 1. The Balaban J connectivity index is 1.78. The number of ether oxygens (including phenoxy) is 1. The Hall–Kier alpha value is -0.610. The zero-order chi connectivity index (χ0) is 9.97. The summed E-state index contributed by atoms with van der Waals surface area (Å²) >= 11 is 0. The maximum Gasteiger partial charge on any atom is 0.228 e. The molecule has 1 amide bonds. The monoisotopic (exact) mass is 198 g/mol. The first-order valence-corrected chi connectivity index (χ1v) is 5.38. The van der Waals surface area contributed by atoms with Crippen molar-refractivity contribution in [2.24, 2.45) is 17.6 Å². The Labute approximate surface area is 84.4 Å². The zero-order valence-electron chi connectivity index (χ0n) is 8.45. The molecule has 2 heterocycles. The van der Waals surface area contributed by atoms with Crippen LogP contribution < -0.4 is 5.73 Å². The van der Waals surface area contributed by atoms with E-state index in [0.29, 0.717) is 19.1 Å². The van der Waals surface area contributed by atoms with E-state index in [-0.39, 0.29) is 11.8 Å². The highest BCUT2D eigenvalue weighted by Gasteiger charge is 2.34. The molecule has 2 aliphatic rings. The molecule has 80 valence electrons. The van der Waals surface area contributed by atoms with E-state index >= 15 is 0 Å². The van der Waals surface area contributed by atoms with Crippen LogP contribution in [0.1, 0.15) is 12.8 Å². The predicted molar refractivity (Wildman–Crippen MR) is 52.7 cm³/mol. The average molecular weight is 198 g/mol. The van der Waals surface area contributed by atoms with Crippen molar-refractivity contribution in [1.82, 2.24) is 4.90 Å². The largest absolute Gasteiger partial charge is 0.381 e. The van der Waals surface area contributed by atoms with Gasteiger partial charge in [0.2, 0.25) is 5.91 Å². The van der Waals surface area contributed by atoms with Crippen molar-refractivity contribution < 1.29 is 9.53 Å². The number of carbonyl (C=O) groups is 1. The van der Waals surface area contributed by atoms with Gasteiger partial charge in [-0.25, -0.2) is 0 Å². The number of hydrogen-bond donors (Lipinski definition) is 1. The molecule has 0 aliphatic carbocycles. The normalized spacial score (nSPS) is 28.6. The minimum Gasteiger partial charge on any atom is -0.381 e. The molecule has 0 aromatic heterocycles. The molecular weight excluding hydrogens is 180 g/mol. The smallest absolute Gasteiger partial charge is 0.228 e. The first kappa shape index (κ1) is 9.93. The van der Waals surface area contributed by atoms with Crippen molar-refractivity contribution in [2.75, 3.05) is 32.8 Å². The maximum absolute atomic E-state index is 11.8. The highest BCUT2D eigenvalue weighted by atomic mass is 16.5. The van der Waals surface area contributed by atoms with Crippen molar-refractivity contribution >= 4 is 5.91 Å². The van der Waals surface area contributed by atoms with Crippen molar-refractivity contribution in [3.05, 3.63) is 0 Å². The van der Waals surface area contributed by atoms with Gasteiger partial charge >= 0.3 is 0 Å². The molecule has 0 aromatic rings. The molecule has 2 aliphatic heterocycles. The fourth-order valence-electron chi connectivity index (χ4n) is 2.09. The van der Waals surface area contributed by atoms with Crippen LogP contribution in [0.3, 0.4) is 0 Å². The van der Waals surface area contributed by atoms with Gasteiger partial charge in [-0.3, -0.25) is 4.79 Å². The second-order valence-corrected chi connectivity index (χ2v) is 4.26. The van der Waals surface area contributed by atoms with E-state index in [9.17, 15) is 4.79 Å². The van der Waals surface area contributed by atoms with Gasteiger partial charge < -0.3 is 15.4 Å². The summed E-state index contributed by atoms with van der Waals surface area (Å²) in [4.78, 5) is 13.8. The summed E-state index contributed by atoms with van der Waals surface area (Å²) in [5.41, 5.74) is 5.51. The lowest BCUT2D eigenvalue weighted by atomic mass is 9.94. The molecule has 0 saturated carbocycles. The van der Waals surface area contributed by atoms with Crippen LogP contribution in [0.2, 0.25) is 0 Å². The van der Waals surface area contributed by atoms with Crippen LogP contribution >= 0.6 is 0 Å². The fraction of sp³-hybridized carbons (Fsp3) is 0.900. The summed E-state index contributed by atoms with van der Waals surface area (Å²) in [6.07, 6.45) is 2.01. The summed E-state index contributed by atoms with van der Waals surface area (Å²) in [5, 5.41) is 0. The third-order valence-electron chi connectivity index (χ3n) is 3.11. The van der Waals surface area contributed by atoms with Crippen LogP contribution in [0, 0.1) is 11.8 Å². The molecule has 2 saturated heterocycles. The number of likely N-dealkylation sites (tertiary alicyclic amines) is 1. The van der Waals surface area contributed by atoms with E-state index in [2.05, 4.69) is 0 Å². The lowest BCUT2D eigenvalue weighted by Gasteiger charge is -2.41. The number of carbonyl (C=O) groups excluding carboxylic acids is 1. The van der Waals surface area contributed by atoms with E-state index in [4.69, 9.17) is 10.5 Å². The third kappa shape index (κ3) is 1.91. The molecule has 0 aromatic carbocycles. The summed E-state index contributed by atoms with van der Waals surface area (Å²) < 4.78 is 5.30. The molecule has 2 N–H and O–H groups in total. The van der Waals surface area contributed by atoms with Gasteiger partial charge in [0, 0.05) is 25.6 Å². The molecular formula is C10H18N2O2. The maximum atomic E-state index is 11.8. The second kappa shape index (κ2) is 4.28. The van der Waals surface area contributed by atoms with Crippen molar-refractivity contribution in [3.8, 4) is 0 Å². The molecule has 0 spiro atoms. The van der Waals surface area contributed by atoms with Crippen molar-refractivity contribution in [1.29, 1.82) is 0 Å². The van der Waals surface area contributed by atoms with Crippen LogP contribution in [0.25, 0.3) is 0 Å². The first-order valence-electron chi connectivity index (χ1n) is 5.38. The van der Waals surface area contributed by atoms with Gasteiger partial charge in [0.1, 0.15) is 0 Å². The Morgan fingerprint density at radius 1 is 1.50 bits per heavy atom. The zero-order valence-corrected chi connectivity index (χ0v) is 8.45. The van der Waals surface area contributed by atoms with Crippen LogP contribution in [0.4, 0.5) is 0 Å². The highest BCUT2D eigenvalue weighted by Crippen LogP contribution is 2.21. The predicted octanol–water partition coefficient (Wildman–Crippen LogP) is -0.170. The number of nitrogens with zero attached hydrogens (tertiary/aromatic N) is 1. The topological polar surface area (TPSA) is 55.6 Å². The molecule has 0 bridgehead atoms. The van der Waals surface area contributed by atoms with Crippen molar-refractivity contribution in [3.63, 3.8) is 0 Å². The third-order valence-corrected chi connectivity index (χ3v) is 3.11. The molecule has 2 fully saturated rings. The summed E-state index contributed by atoms with van der Waals surface area (Å²) in [6.45, 7) is 3.83. The molecule has 4 heteroatoms. The standard InChI is InChI=1S/C10H18N2O2/c11-4-8-5-12(6-8)10(13)9-2-1-3-14-7-9/h8-9H,1-7,11H2. The molecule has 4 nitrogen and oxygen atoms in total. The highest BCUT2D eigenvalue weighted by molar-refractivity contribution is 5.79. The van der Waals surface area contributed by atoms with Crippen molar-refractivity contribution in [2.45, 2.75) is 12.8 Å². The lowest BCUT2D eigenvalue weighted by Crippen LogP contribution is -2.55. The van der Waals surface area contributed by atoms with Gasteiger partial charge in [-0.1, -0.05) is 0 Å². The summed E-state index contributed by atoms with van der Waals surface area (Å²) in [7, 11) is 0. The van der Waals surface area contributed by atoms with Crippen LogP contribution in [0.5, 0.6) is 0 Å². The minimum absolute atomic E-state index is 0.113. The molecule has 14 heavy (non-hydrogen) atoms. The van der Waals surface area contributed by atoms with Crippen LogP contribution in [0.15, 0.2) is 0 Å². The van der Waals surface area contributed by atoms with Gasteiger partial charge in [-0.15, -0.1) is 0 Å². The lowest BCUT2D eigenvalue weighted by molar-refractivity contribution is -0.145. The number of rotatable bonds is 2. The average Bonchev–Trinajstić information content (AvgIpc) is 2.17. The Morgan fingerprint density at radius 3 is 2.86 bits per heavy atom. The summed E-state index contributed by atoms with van der Waals surface area (Å²) in [6, 6.07) is 0. The van der Waals surface area contributed by atoms with Gasteiger partial charge in [0.05, 0.1) is 12.5 Å². The number of hydrogen-bond acceptors (Lipinski definition) is 3. The second-order valence-electron chi connectivity index (χ2n) is 4.26. The Morgan fingerprint density at radius 2 is 2.29 bits per heavy atom. The van der Waals surface area contributed by atoms with Gasteiger partial charge in [-0.05, 0) is 19.4 Å². The Kier molecular flexibility index (Phi) is 3.03. The van der Waals surface area contributed by atoms with E-state index in [0.717, 1.165) is 32.5 Å². The van der Waals surface area contributed by atoms with Gasteiger partial charge in [0.25, 0.3) is 0 Å². The quantitative estimate of drug-likeness (QED) is 0.670. The first-order chi connectivity index (χ1) is 6.81. The van der Waals surface area contributed by atoms with Gasteiger partial charge in [-0.2, -0.15) is 0 Å². The molecule has 0 radical (unpaired) electrons. The van der Waals surface area contributed by atoms with Gasteiger partial charge in [0.15, 0.2) is 0 Å². The Bertz CT molecular complexity index is 208. The molecule has 1 atom stereocenters. The van der Waals surface area contributed by atoms with Crippen LogP contribution in [-0.2, 0) is 9.53 Å². The molecule has 1 unspecified atom stereocenters. The number of nitrogens with two attached hydrogens (primary N) is 1. The van der Waals surface area contributed by atoms with E-state index in [1.165, 1.54) is 0 Å². The molecule has 2 rings (SSSR count).